The van der Waals surface area contributed by atoms with Crippen LogP contribution < -0.4 is 5.32 Å². The van der Waals surface area contributed by atoms with Crippen LogP contribution in [-0.2, 0) is 0 Å². The van der Waals surface area contributed by atoms with Gasteiger partial charge in [0.15, 0.2) is 0 Å². The number of amides is 1. The highest BCUT2D eigenvalue weighted by Crippen LogP contribution is 2.20. The minimum Gasteiger partial charge on any atom is -0.396 e. The number of unbranched alkanes of at least 4 members (excludes halogenated alkanes) is 2. The molecule has 5 nitrogen and oxygen atoms in total. The van der Waals surface area contributed by atoms with Crippen LogP contribution in [0.15, 0.2) is 12.3 Å². The Bertz CT molecular complexity index is 426. The van der Waals surface area contributed by atoms with E-state index >= 15 is 0 Å². The first-order chi connectivity index (χ1) is 9.10. The Morgan fingerprint density at radius 1 is 1.47 bits per heavy atom. The van der Waals surface area contributed by atoms with Crippen molar-refractivity contribution >= 4 is 23.3 Å². The van der Waals surface area contributed by atoms with Crippen LogP contribution in [-0.4, -0.2) is 48.1 Å². The molecule has 2 N–H and O–H groups in total. The van der Waals surface area contributed by atoms with Gasteiger partial charge in [0, 0.05) is 33.4 Å². The van der Waals surface area contributed by atoms with Crippen molar-refractivity contribution in [3.63, 3.8) is 0 Å². The van der Waals surface area contributed by atoms with Crippen LogP contribution in [0.25, 0.3) is 0 Å². The molecule has 0 fully saturated rings. The Labute approximate surface area is 118 Å². The van der Waals surface area contributed by atoms with E-state index in [2.05, 4.69) is 10.3 Å². The second-order valence-corrected chi connectivity index (χ2v) is 4.72. The summed E-state index contributed by atoms with van der Waals surface area (Å²) in [5.41, 5.74) is 0.480. The van der Waals surface area contributed by atoms with Gasteiger partial charge in [0.25, 0.3) is 5.91 Å². The second kappa shape index (κ2) is 7.96. The molecule has 0 aliphatic rings. The third-order valence-corrected chi connectivity index (χ3v) is 3.11. The van der Waals surface area contributed by atoms with Gasteiger partial charge in [0.05, 0.1) is 10.6 Å². The highest BCUT2D eigenvalue weighted by Gasteiger charge is 2.13. The summed E-state index contributed by atoms with van der Waals surface area (Å²) < 4.78 is 0. The quantitative estimate of drug-likeness (QED) is 0.752. The van der Waals surface area contributed by atoms with E-state index in [1.807, 2.05) is 0 Å². The van der Waals surface area contributed by atoms with Crippen LogP contribution >= 0.6 is 11.6 Å². The summed E-state index contributed by atoms with van der Waals surface area (Å²) in [6.45, 7) is 0.854. The molecule has 6 heteroatoms. The molecule has 0 radical (unpaired) electrons. The molecular weight excluding hydrogens is 266 g/mol. The average Bonchev–Trinajstić information content (AvgIpc) is 2.42. The number of pyridine rings is 1. The number of halogens is 1. The van der Waals surface area contributed by atoms with Gasteiger partial charge in [-0.1, -0.05) is 11.6 Å². The molecule has 0 spiro atoms. The predicted octanol–water partition coefficient (Wildman–Crippen LogP) is 2.01. The van der Waals surface area contributed by atoms with Gasteiger partial charge in [-0.05, 0) is 25.3 Å². The van der Waals surface area contributed by atoms with Crippen molar-refractivity contribution in [3.8, 4) is 0 Å². The van der Waals surface area contributed by atoms with Gasteiger partial charge in [-0.25, -0.2) is 4.98 Å². The highest BCUT2D eigenvalue weighted by atomic mass is 35.5. The molecule has 1 aromatic rings. The number of aliphatic hydroxyl groups is 1. The van der Waals surface area contributed by atoms with E-state index in [0.29, 0.717) is 22.9 Å². The number of nitrogens with zero attached hydrogens (tertiary/aromatic N) is 2. The average molecular weight is 286 g/mol. The van der Waals surface area contributed by atoms with E-state index in [0.717, 1.165) is 19.3 Å². The van der Waals surface area contributed by atoms with Crippen LogP contribution in [0, 0.1) is 0 Å². The summed E-state index contributed by atoms with van der Waals surface area (Å²) >= 11 is 6.00. The summed E-state index contributed by atoms with van der Waals surface area (Å²) in [5.74, 6) is 0.463. The first-order valence-electron chi connectivity index (χ1n) is 6.29. The molecule has 1 heterocycles. The Morgan fingerprint density at radius 2 is 2.21 bits per heavy atom. The Kier molecular flexibility index (Phi) is 6.59. The lowest BCUT2D eigenvalue weighted by Crippen LogP contribution is -2.28. The fourth-order valence-electron chi connectivity index (χ4n) is 1.70. The van der Waals surface area contributed by atoms with Gasteiger partial charge < -0.3 is 15.3 Å². The molecule has 0 atom stereocenters. The zero-order valence-electron chi connectivity index (χ0n) is 11.3. The molecule has 0 aromatic carbocycles. The van der Waals surface area contributed by atoms with Crippen molar-refractivity contribution in [2.75, 3.05) is 32.6 Å². The third kappa shape index (κ3) is 4.69. The monoisotopic (exact) mass is 285 g/mol. The second-order valence-electron chi connectivity index (χ2n) is 4.32. The number of hydrogen-bond donors (Lipinski definition) is 2. The number of anilines is 1. The van der Waals surface area contributed by atoms with Gasteiger partial charge in [0.2, 0.25) is 0 Å². The maximum absolute atomic E-state index is 12.1. The van der Waals surface area contributed by atoms with Gasteiger partial charge in [0.1, 0.15) is 5.82 Å². The topological polar surface area (TPSA) is 65.5 Å². The lowest BCUT2D eigenvalue weighted by atomic mass is 10.2. The molecule has 0 bridgehead atoms. The Balaban J connectivity index is 2.59. The maximum Gasteiger partial charge on any atom is 0.255 e. The van der Waals surface area contributed by atoms with E-state index < -0.39 is 0 Å². The van der Waals surface area contributed by atoms with E-state index in [1.165, 1.54) is 6.20 Å². The van der Waals surface area contributed by atoms with Gasteiger partial charge in [-0.2, -0.15) is 0 Å². The van der Waals surface area contributed by atoms with Crippen molar-refractivity contribution < 1.29 is 9.90 Å². The number of nitrogens with one attached hydrogen (secondary N) is 1. The minimum absolute atomic E-state index is 0.0962. The standard InChI is InChI=1S/C13H20ClN3O2/c1-15-12-11(14)8-10(9-16-12)13(19)17(2)6-4-3-5-7-18/h8-9,18H,3-7H2,1-2H3,(H,15,16). The van der Waals surface area contributed by atoms with E-state index in [-0.39, 0.29) is 12.5 Å². The largest absolute Gasteiger partial charge is 0.396 e. The lowest BCUT2D eigenvalue weighted by Gasteiger charge is -2.17. The first-order valence-corrected chi connectivity index (χ1v) is 6.67. The number of carbonyl (C=O) groups is 1. The van der Waals surface area contributed by atoms with Crippen molar-refractivity contribution in [1.82, 2.24) is 9.88 Å². The van der Waals surface area contributed by atoms with Gasteiger partial charge in [-0.3, -0.25) is 4.79 Å². The summed E-state index contributed by atoms with van der Waals surface area (Å²) in [6.07, 6.45) is 4.07. The smallest absolute Gasteiger partial charge is 0.255 e. The first kappa shape index (κ1) is 15.7. The Morgan fingerprint density at radius 3 is 2.79 bits per heavy atom. The maximum atomic E-state index is 12.1. The van der Waals surface area contributed by atoms with Crippen molar-refractivity contribution in [3.05, 3.63) is 22.8 Å². The molecule has 0 saturated heterocycles. The Hall–Kier alpha value is -1.33. The van der Waals surface area contributed by atoms with Crippen molar-refractivity contribution in [1.29, 1.82) is 0 Å². The van der Waals surface area contributed by atoms with Crippen LogP contribution in [0.5, 0.6) is 0 Å². The predicted molar refractivity (Wildman–Crippen MR) is 76.7 cm³/mol. The van der Waals surface area contributed by atoms with E-state index in [4.69, 9.17) is 16.7 Å². The molecular formula is C13H20ClN3O2. The number of aromatic nitrogens is 1. The van der Waals surface area contributed by atoms with Crippen LogP contribution in [0.3, 0.4) is 0 Å². The molecule has 19 heavy (non-hydrogen) atoms. The number of rotatable bonds is 7. The number of aliphatic hydroxyl groups excluding tert-OH is 1. The summed E-state index contributed by atoms with van der Waals surface area (Å²) in [7, 11) is 3.48. The van der Waals surface area contributed by atoms with Crippen LogP contribution in [0.4, 0.5) is 5.82 Å². The molecule has 1 amide bonds. The molecule has 1 rings (SSSR count). The molecule has 0 aliphatic carbocycles. The fourth-order valence-corrected chi connectivity index (χ4v) is 1.96. The summed E-state index contributed by atoms with van der Waals surface area (Å²) in [6, 6.07) is 1.62. The highest BCUT2D eigenvalue weighted by molar-refractivity contribution is 6.33. The third-order valence-electron chi connectivity index (χ3n) is 2.82. The van der Waals surface area contributed by atoms with Crippen molar-refractivity contribution in [2.45, 2.75) is 19.3 Å². The molecule has 0 aliphatic heterocycles. The number of carbonyl (C=O) groups excluding carboxylic acids is 1. The zero-order valence-corrected chi connectivity index (χ0v) is 12.1. The lowest BCUT2D eigenvalue weighted by molar-refractivity contribution is 0.0792. The van der Waals surface area contributed by atoms with Gasteiger partial charge in [-0.15, -0.1) is 0 Å². The summed E-state index contributed by atoms with van der Waals surface area (Å²) in [5, 5.41) is 12.0. The fraction of sp³-hybridized carbons (Fsp3) is 0.538. The number of hydrogen-bond acceptors (Lipinski definition) is 4. The summed E-state index contributed by atoms with van der Waals surface area (Å²) in [4.78, 5) is 17.8. The molecule has 106 valence electrons. The van der Waals surface area contributed by atoms with Crippen LogP contribution in [0.1, 0.15) is 29.6 Å². The van der Waals surface area contributed by atoms with Gasteiger partial charge >= 0.3 is 0 Å². The van der Waals surface area contributed by atoms with Crippen molar-refractivity contribution in [2.24, 2.45) is 0 Å². The minimum atomic E-state index is -0.0962. The SMILES string of the molecule is CNc1ncc(C(=O)N(C)CCCCCO)cc1Cl. The van der Waals surface area contributed by atoms with E-state index in [9.17, 15) is 4.79 Å². The molecule has 0 unspecified atom stereocenters. The normalized spacial score (nSPS) is 10.3. The molecule has 0 saturated carbocycles. The van der Waals surface area contributed by atoms with E-state index in [1.54, 1.807) is 25.1 Å². The zero-order chi connectivity index (χ0) is 14.3. The molecule has 1 aromatic heterocycles. The van der Waals surface area contributed by atoms with Crippen LogP contribution in [0.2, 0.25) is 5.02 Å².